The summed E-state index contributed by atoms with van der Waals surface area (Å²) in [5, 5.41) is 251. The van der Waals surface area contributed by atoms with Crippen molar-refractivity contribution in [3.63, 3.8) is 0 Å². The van der Waals surface area contributed by atoms with E-state index in [9.17, 15) is 122 Å². The Labute approximate surface area is 751 Å². The minimum absolute atomic E-state index is 0.173. The van der Waals surface area contributed by atoms with Crippen LogP contribution in [0.5, 0.6) is 0 Å². The van der Waals surface area contributed by atoms with Gasteiger partial charge < -0.3 is 189 Å². The zero-order chi connectivity index (χ0) is 93.4. The Hall–Kier alpha value is -2.76. The Kier molecular flexibility index (Phi) is 53.3. The van der Waals surface area contributed by atoms with E-state index in [1.54, 1.807) is 6.08 Å². The van der Waals surface area contributed by atoms with Crippen LogP contribution in [0.3, 0.4) is 0 Å². The second kappa shape index (κ2) is 60.8. The number of rotatable bonds is 62. The summed E-state index contributed by atoms with van der Waals surface area (Å²) >= 11 is 0. The zero-order valence-electron chi connectivity index (χ0n) is 75.0. The Morgan fingerprint density at radius 3 is 0.898 bits per heavy atom. The molecule has 40 heteroatoms. The van der Waals surface area contributed by atoms with Crippen LogP contribution in [-0.2, 0) is 75.9 Å². The van der Waals surface area contributed by atoms with E-state index in [2.05, 4.69) is 24.5 Å². The molecule has 0 spiro atoms. The van der Waals surface area contributed by atoms with Crippen molar-refractivity contribution < 1.29 is 188 Å². The van der Waals surface area contributed by atoms with Crippen LogP contribution in [0.2, 0.25) is 0 Å². The minimum atomic E-state index is -2.35. The van der Waals surface area contributed by atoms with Crippen LogP contribution in [0.15, 0.2) is 12.2 Å². The quantitative estimate of drug-likeness (QED) is 0.0240. The molecule has 0 saturated carbocycles. The largest absolute Gasteiger partial charge is 0.394 e. The molecule has 7 heterocycles. The number of hydrogen-bond donors (Lipinski definition) is 24. The average molecular weight is 1850 g/mol. The van der Waals surface area contributed by atoms with Crippen LogP contribution in [0.1, 0.15) is 252 Å². The topological polar surface area (TPSA) is 632 Å². The number of hydrogen-bond acceptors (Lipinski definition) is 38. The van der Waals surface area contributed by atoms with E-state index in [0.717, 1.165) is 58.3 Å². The first-order valence-corrected chi connectivity index (χ1v) is 47.5. The number of aliphatic hydroxyl groups excluding tert-OH is 22. The van der Waals surface area contributed by atoms with Crippen LogP contribution in [0.25, 0.3) is 0 Å². The lowest BCUT2D eigenvalue weighted by atomic mass is 9.94. The molecule has 0 aromatic heterocycles. The van der Waals surface area contributed by atoms with Crippen molar-refractivity contribution in [3.8, 4) is 0 Å². The summed E-state index contributed by atoms with van der Waals surface area (Å²) in [5.41, 5.74) is 0. The highest BCUT2D eigenvalue weighted by Crippen LogP contribution is 2.39. The number of carbonyl (C=O) groups excluding carboxylic acids is 2. The molecule has 128 heavy (non-hydrogen) atoms. The van der Waals surface area contributed by atoms with Crippen molar-refractivity contribution in [2.24, 2.45) is 0 Å². The van der Waals surface area contributed by atoms with Crippen LogP contribution in [-0.4, -0.2) is 404 Å². The molecule has 0 radical (unpaired) electrons. The highest BCUT2D eigenvalue weighted by atomic mass is 16.8. The normalized spacial score (nSPS) is 37.7. The third kappa shape index (κ3) is 34.1. The van der Waals surface area contributed by atoms with Gasteiger partial charge in [-0.1, -0.05) is 231 Å². The molecular weight excluding hydrogens is 1690 g/mol. The van der Waals surface area contributed by atoms with E-state index in [1.165, 1.54) is 161 Å². The lowest BCUT2D eigenvalue weighted by molar-refractivity contribution is -0.399. The second-order valence-corrected chi connectivity index (χ2v) is 35.6. The van der Waals surface area contributed by atoms with Crippen molar-refractivity contribution in [2.75, 3.05) is 52.9 Å². The maximum atomic E-state index is 13.6. The predicted molar refractivity (Wildman–Crippen MR) is 452 cm³/mol. The van der Waals surface area contributed by atoms with Crippen molar-refractivity contribution in [1.29, 1.82) is 0 Å². The molecule has 24 N–H and O–H groups in total. The number of ether oxygens (including phenoxy) is 14. The summed E-state index contributed by atoms with van der Waals surface area (Å²) in [6.45, 7) is -2.15. The lowest BCUT2D eigenvalue weighted by Gasteiger charge is -2.50. The number of nitrogens with one attached hydrogen (secondary N) is 2. The van der Waals surface area contributed by atoms with E-state index in [0.29, 0.717) is 12.8 Å². The molecule has 0 aromatic rings. The van der Waals surface area contributed by atoms with Gasteiger partial charge in [-0.2, -0.15) is 0 Å². The molecule has 0 aromatic carbocycles. The molecule has 14 unspecified atom stereocenters. The van der Waals surface area contributed by atoms with Gasteiger partial charge >= 0.3 is 0 Å². The fourth-order valence-electron chi connectivity index (χ4n) is 17.6. The summed E-state index contributed by atoms with van der Waals surface area (Å²) in [7, 11) is 0. The average Bonchev–Trinajstić information content (AvgIpc) is 0.773. The first-order chi connectivity index (χ1) is 61.7. The van der Waals surface area contributed by atoms with Gasteiger partial charge in [-0.3, -0.25) is 9.59 Å². The molecule has 0 bridgehead atoms. The Balaban J connectivity index is 0.920. The molecule has 750 valence electrons. The third-order valence-electron chi connectivity index (χ3n) is 25.4. The van der Waals surface area contributed by atoms with Crippen molar-refractivity contribution >= 4 is 11.8 Å². The first kappa shape index (κ1) is 112. The first-order valence-electron chi connectivity index (χ1n) is 47.5. The van der Waals surface area contributed by atoms with Gasteiger partial charge in [0, 0.05) is 13.3 Å². The predicted octanol–water partition coefficient (Wildman–Crippen LogP) is -1.62. The smallest absolute Gasteiger partial charge is 0.220 e. The van der Waals surface area contributed by atoms with Crippen LogP contribution in [0, 0.1) is 0 Å². The summed E-state index contributed by atoms with van der Waals surface area (Å²) in [6.07, 6.45) is -24.0. The summed E-state index contributed by atoms with van der Waals surface area (Å²) in [5.74, 6) is -1.11. The highest BCUT2D eigenvalue weighted by Gasteiger charge is 2.59. The fraction of sp³-hybridized carbons (Fsp3) is 0.955. The summed E-state index contributed by atoms with van der Waals surface area (Å²) in [6, 6.07) is -2.69. The SMILES string of the molecule is CCCCCCCCCCCCC/C=C/[C@@H](O)[C@H](CO[C@@H]1OC(CO)[C@@H](O[C@@H]2OC(CO)[C@H](O[C@@H]3OC(CO)[C@H](O)[C@H](O[C@H]4OC(CO)[C@H](O)[C@H](O[C@H]5OC(CO)[C@H](O)[C@H](O[C@H]6OC(CO)[C@H](O)[C@H](O[C@@H]7OC(CO)[C@H](O)[C@H](O)C7NC(C)=O)C6O)C5O)C4O)C3O)[C@H](O)C2O)[C@H](O)C1O)NC(=O)CCCCCCCCCCCCCCCCCCCCCCCCC. The standard InChI is InChI=1S/C88H160N2O38/c1-4-6-8-10-12-14-16-18-19-20-21-22-23-24-25-26-27-29-31-33-35-37-39-41-60(100)90-51(52(99)40-38-36-34-32-30-28-17-15-13-11-9-7-5-2)49-115-83-70(109)68(107)76(58(47-96)121-83)123-84-71(110)69(108)77(59(48-97)122-84)124-85-73(112)79(64(103)55(44-93)117-85)126-87-75(114)81(66(105)57(46-95)119-87)128-88-74(113)80(65(104)56(45-94)120-88)127-86-72(111)78(63(102)54(43-92)118-86)125-82-61(89-50(3)98)67(106)62(101)53(42-91)116-82/h38,40,51-59,61-88,91-97,99,101-114H,4-37,39,41-49H2,1-3H3,(H,89,98)(H,90,100)/b40-38+/t51-,52+,53?,54?,55?,56?,57?,58?,59?,61?,62-,63-,64-,65-,66-,67+,68+,69+,70?,71?,72?,73?,74?,75?,76+,77-,78-,79-,80-,81-,82-,83+,84-,85-,86+,87+,88+/m0/s1. The molecule has 7 aliphatic heterocycles. The fourth-order valence-corrected chi connectivity index (χ4v) is 17.6. The van der Waals surface area contributed by atoms with E-state index in [1.807, 2.05) is 6.08 Å². The molecule has 7 saturated heterocycles. The molecule has 7 fully saturated rings. The highest BCUT2D eigenvalue weighted by molar-refractivity contribution is 5.76. The van der Waals surface area contributed by atoms with E-state index < -0.39 is 286 Å². The van der Waals surface area contributed by atoms with Crippen LogP contribution in [0.4, 0.5) is 0 Å². The van der Waals surface area contributed by atoms with E-state index >= 15 is 0 Å². The van der Waals surface area contributed by atoms with E-state index in [-0.39, 0.29) is 12.3 Å². The molecule has 7 rings (SSSR count). The molecular formula is C88H160N2O38. The number of unbranched alkanes of at least 4 members (excludes halogenated alkanes) is 33. The van der Waals surface area contributed by atoms with E-state index in [4.69, 9.17) is 66.3 Å². The van der Waals surface area contributed by atoms with Gasteiger partial charge in [0.2, 0.25) is 11.8 Å². The van der Waals surface area contributed by atoms with Gasteiger partial charge in [0.15, 0.2) is 44.0 Å². The second-order valence-electron chi connectivity index (χ2n) is 35.6. The molecule has 37 atom stereocenters. The van der Waals surface area contributed by atoms with Crippen molar-refractivity contribution in [3.05, 3.63) is 12.2 Å². The summed E-state index contributed by atoms with van der Waals surface area (Å²) in [4.78, 5) is 25.8. The lowest BCUT2D eigenvalue weighted by Crippen LogP contribution is -2.69. The van der Waals surface area contributed by atoms with Gasteiger partial charge in [-0.15, -0.1) is 0 Å². The van der Waals surface area contributed by atoms with Gasteiger partial charge in [0.05, 0.1) is 65.0 Å². The monoisotopic (exact) mass is 1850 g/mol. The minimum Gasteiger partial charge on any atom is -0.394 e. The van der Waals surface area contributed by atoms with Crippen molar-refractivity contribution in [2.45, 2.75) is 479 Å². The Morgan fingerprint density at radius 1 is 0.305 bits per heavy atom. The van der Waals surface area contributed by atoms with Crippen molar-refractivity contribution in [1.82, 2.24) is 10.6 Å². The Bertz CT molecular complexity index is 2950. The number of carbonyl (C=O) groups is 2. The zero-order valence-corrected chi connectivity index (χ0v) is 75.0. The van der Waals surface area contributed by atoms with Crippen LogP contribution < -0.4 is 10.6 Å². The van der Waals surface area contributed by atoms with Gasteiger partial charge in [0.25, 0.3) is 0 Å². The van der Waals surface area contributed by atoms with Gasteiger partial charge in [-0.25, -0.2) is 0 Å². The molecule has 40 nitrogen and oxygen atoms in total. The Morgan fingerprint density at radius 2 is 0.570 bits per heavy atom. The number of allylic oxidation sites excluding steroid dienone is 1. The third-order valence-corrected chi connectivity index (χ3v) is 25.4. The van der Waals surface area contributed by atoms with Crippen LogP contribution >= 0.6 is 0 Å². The number of amides is 2. The molecule has 2 amide bonds. The maximum Gasteiger partial charge on any atom is 0.220 e. The maximum absolute atomic E-state index is 13.6. The number of aliphatic hydroxyl groups is 22. The van der Waals surface area contributed by atoms with Gasteiger partial charge in [0.1, 0.15) is 171 Å². The van der Waals surface area contributed by atoms with Gasteiger partial charge in [-0.05, 0) is 19.3 Å². The molecule has 7 aliphatic rings. The summed E-state index contributed by atoms with van der Waals surface area (Å²) < 4.78 is 81.5. The molecule has 0 aliphatic carbocycles.